The minimum atomic E-state index is 0.345. The zero-order valence-corrected chi connectivity index (χ0v) is 14.1. The van der Waals surface area contributed by atoms with E-state index in [-0.39, 0.29) is 0 Å². The predicted molar refractivity (Wildman–Crippen MR) is 93.4 cm³/mol. The van der Waals surface area contributed by atoms with Gasteiger partial charge in [0.25, 0.3) is 0 Å². The second kappa shape index (κ2) is 7.60. The first kappa shape index (κ1) is 16.0. The molecule has 0 amide bonds. The molecule has 0 saturated heterocycles. The molecule has 0 N–H and O–H groups in total. The largest absolute Gasteiger partial charge is 0.490 e. The van der Waals surface area contributed by atoms with Crippen LogP contribution in [0.3, 0.4) is 0 Å². The highest BCUT2D eigenvalue weighted by Gasteiger charge is 2.19. The molecule has 1 aliphatic carbocycles. The molecule has 3 nitrogen and oxygen atoms in total. The summed E-state index contributed by atoms with van der Waals surface area (Å²) < 4.78 is 6.26. The number of aromatic nitrogens is 1. The van der Waals surface area contributed by atoms with Gasteiger partial charge in [-0.05, 0) is 63.4 Å². The number of pyridine rings is 1. The normalized spacial score (nSPS) is 16.7. The molecule has 1 aromatic heterocycles. The third-order valence-corrected chi connectivity index (χ3v) is 4.84. The van der Waals surface area contributed by atoms with Gasteiger partial charge >= 0.3 is 0 Å². The predicted octanol–water partition coefficient (Wildman–Crippen LogP) is 4.60. The zero-order chi connectivity index (χ0) is 16.1. The summed E-state index contributed by atoms with van der Waals surface area (Å²) in [6.07, 6.45) is 9.10. The second-order valence-corrected chi connectivity index (χ2v) is 6.50. The quantitative estimate of drug-likeness (QED) is 0.780. The van der Waals surface area contributed by atoms with Crippen LogP contribution < -0.4 is 4.74 Å². The number of hydrogen-bond acceptors (Lipinski definition) is 3. The van der Waals surface area contributed by atoms with Gasteiger partial charge in [-0.3, -0.25) is 9.88 Å². The molecule has 2 aromatic rings. The lowest BCUT2D eigenvalue weighted by atomic mass is 10.1. The first-order valence-corrected chi connectivity index (χ1v) is 8.59. The average Bonchev–Trinajstić information content (AvgIpc) is 3.10. The van der Waals surface area contributed by atoms with Crippen LogP contribution in [0.25, 0.3) is 0 Å². The standard InChI is InChI=1S/C20H26N2O/c1-16(17-11-13-21-14-12-17)22(2)15-18-7-3-6-10-20(18)23-19-8-4-5-9-19/h3,6-7,10-14,16,19H,4-5,8-9,15H2,1-2H3/t16-/m1/s1. The summed E-state index contributed by atoms with van der Waals surface area (Å²) in [6.45, 7) is 3.11. The number of ether oxygens (including phenoxy) is 1. The Morgan fingerprint density at radius 3 is 2.57 bits per heavy atom. The van der Waals surface area contributed by atoms with E-state index < -0.39 is 0 Å². The summed E-state index contributed by atoms with van der Waals surface area (Å²) >= 11 is 0. The highest BCUT2D eigenvalue weighted by atomic mass is 16.5. The molecule has 1 fully saturated rings. The van der Waals surface area contributed by atoms with Crippen LogP contribution in [0.15, 0.2) is 48.8 Å². The second-order valence-electron chi connectivity index (χ2n) is 6.50. The van der Waals surface area contributed by atoms with Crippen LogP contribution in [-0.4, -0.2) is 23.0 Å². The van der Waals surface area contributed by atoms with Crippen molar-refractivity contribution in [3.8, 4) is 5.75 Å². The maximum absolute atomic E-state index is 6.26. The lowest BCUT2D eigenvalue weighted by molar-refractivity contribution is 0.199. The Morgan fingerprint density at radius 1 is 1.13 bits per heavy atom. The first-order chi connectivity index (χ1) is 11.2. The molecular weight excluding hydrogens is 284 g/mol. The highest BCUT2D eigenvalue weighted by Crippen LogP contribution is 2.28. The summed E-state index contributed by atoms with van der Waals surface area (Å²) in [4.78, 5) is 6.46. The summed E-state index contributed by atoms with van der Waals surface area (Å²) in [5, 5.41) is 0. The van der Waals surface area contributed by atoms with Crippen molar-refractivity contribution in [2.75, 3.05) is 7.05 Å². The van der Waals surface area contributed by atoms with Gasteiger partial charge in [-0.2, -0.15) is 0 Å². The fraction of sp³-hybridized carbons (Fsp3) is 0.450. The number of nitrogens with zero attached hydrogens (tertiary/aromatic N) is 2. The fourth-order valence-corrected chi connectivity index (χ4v) is 3.24. The van der Waals surface area contributed by atoms with Crippen LogP contribution in [0.2, 0.25) is 0 Å². The molecule has 1 saturated carbocycles. The Morgan fingerprint density at radius 2 is 1.83 bits per heavy atom. The van der Waals surface area contributed by atoms with Gasteiger partial charge in [-0.15, -0.1) is 0 Å². The Kier molecular flexibility index (Phi) is 5.29. The number of para-hydroxylation sites is 1. The van der Waals surface area contributed by atoms with Gasteiger partial charge in [-0.1, -0.05) is 18.2 Å². The van der Waals surface area contributed by atoms with Crippen molar-refractivity contribution >= 4 is 0 Å². The molecule has 3 rings (SSSR count). The third-order valence-electron chi connectivity index (χ3n) is 4.84. The topological polar surface area (TPSA) is 25.4 Å². The van der Waals surface area contributed by atoms with Crippen LogP contribution in [-0.2, 0) is 6.54 Å². The third kappa shape index (κ3) is 4.11. The minimum Gasteiger partial charge on any atom is -0.490 e. The van der Waals surface area contributed by atoms with E-state index in [0.29, 0.717) is 12.1 Å². The summed E-state index contributed by atoms with van der Waals surface area (Å²) in [7, 11) is 2.16. The lowest BCUT2D eigenvalue weighted by Crippen LogP contribution is -2.23. The molecule has 1 aromatic carbocycles. The van der Waals surface area contributed by atoms with Crippen LogP contribution in [0.4, 0.5) is 0 Å². The van der Waals surface area contributed by atoms with Gasteiger partial charge < -0.3 is 4.74 Å². The van der Waals surface area contributed by atoms with Crippen LogP contribution in [0.5, 0.6) is 5.75 Å². The number of hydrogen-bond donors (Lipinski definition) is 0. The van der Waals surface area contributed by atoms with Gasteiger partial charge in [0.05, 0.1) is 6.10 Å². The molecule has 1 heterocycles. The van der Waals surface area contributed by atoms with Crippen molar-refractivity contribution in [3.05, 3.63) is 59.9 Å². The molecular formula is C20H26N2O. The molecule has 1 atom stereocenters. The van der Waals surface area contributed by atoms with E-state index in [4.69, 9.17) is 4.74 Å². The van der Waals surface area contributed by atoms with Crippen molar-refractivity contribution < 1.29 is 4.74 Å². The van der Waals surface area contributed by atoms with Crippen LogP contribution in [0, 0.1) is 0 Å². The Bertz CT molecular complexity index is 608. The van der Waals surface area contributed by atoms with E-state index in [1.165, 1.54) is 36.8 Å². The van der Waals surface area contributed by atoms with E-state index in [1.54, 1.807) is 0 Å². The van der Waals surface area contributed by atoms with Crippen molar-refractivity contribution in [1.29, 1.82) is 0 Å². The van der Waals surface area contributed by atoms with Crippen LogP contribution >= 0.6 is 0 Å². The minimum absolute atomic E-state index is 0.345. The fourth-order valence-electron chi connectivity index (χ4n) is 3.24. The van der Waals surface area contributed by atoms with Crippen LogP contribution in [0.1, 0.15) is 49.8 Å². The molecule has 23 heavy (non-hydrogen) atoms. The zero-order valence-electron chi connectivity index (χ0n) is 14.1. The first-order valence-electron chi connectivity index (χ1n) is 8.59. The van der Waals surface area contributed by atoms with E-state index in [2.05, 4.69) is 60.3 Å². The molecule has 0 bridgehead atoms. The van der Waals surface area contributed by atoms with E-state index in [1.807, 2.05) is 12.4 Å². The van der Waals surface area contributed by atoms with Crippen molar-refractivity contribution in [2.45, 2.75) is 51.3 Å². The molecule has 1 aliphatic rings. The molecule has 0 radical (unpaired) electrons. The van der Waals surface area contributed by atoms with E-state index in [9.17, 15) is 0 Å². The Labute approximate surface area is 139 Å². The van der Waals surface area contributed by atoms with Gasteiger partial charge in [0, 0.05) is 30.5 Å². The van der Waals surface area contributed by atoms with Crippen molar-refractivity contribution in [3.63, 3.8) is 0 Å². The lowest BCUT2D eigenvalue weighted by Gasteiger charge is -2.26. The van der Waals surface area contributed by atoms with Gasteiger partial charge in [-0.25, -0.2) is 0 Å². The van der Waals surface area contributed by atoms with E-state index in [0.717, 1.165) is 12.3 Å². The number of benzene rings is 1. The molecule has 3 heteroatoms. The van der Waals surface area contributed by atoms with Crippen molar-refractivity contribution in [2.24, 2.45) is 0 Å². The highest BCUT2D eigenvalue weighted by molar-refractivity contribution is 5.33. The molecule has 0 spiro atoms. The number of rotatable bonds is 6. The van der Waals surface area contributed by atoms with Gasteiger partial charge in [0.1, 0.15) is 5.75 Å². The summed E-state index contributed by atoms with van der Waals surface area (Å²) in [5.74, 6) is 1.05. The Hall–Kier alpha value is -1.87. The maximum atomic E-state index is 6.26. The monoisotopic (exact) mass is 310 g/mol. The summed E-state index contributed by atoms with van der Waals surface area (Å²) in [5.41, 5.74) is 2.56. The smallest absolute Gasteiger partial charge is 0.124 e. The average molecular weight is 310 g/mol. The van der Waals surface area contributed by atoms with Gasteiger partial charge in [0.2, 0.25) is 0 Å². The molecule has 0 aliphatic heterocycles. The van der Waals surface area contributed by atoms with Crippen molar-refractivity contribution in [1.82, 2.24) is 9.88 Å². The molecule has 122 valence electrons. The van der Waals surface area contributed by atoms with Gasteiger partial charge in [0.15, 0.2) is 0 Å². The SMILES string of the molecule is C[C@H](c1ccncc1)N(C)Cc1ccccc1OC1CCCC1. The van der Waals surface area contributed by atoms with E-state index >= 15 is 0 Å². The summed E-state index contributed by atoms with van der Waals surface area (Å²) in [6, 6.07) is 13.0. The molecule has 0 unspecified atom stereocenters. The maximum Gasteiger partial charge on any atom is 0.124 e. The Balaban J connectivity index is 1.69.